The number of nitrogens with one attached hydrogen (secondary N) is 2. The summed E-state index contributed by atoms with van der Waals surface area (Å²) in [5, 5.41) is 7.96. The van der Waals surface area contributed by atoms with Crippen LogP contribution in [-0.4, -0.2) is 30.6 Å². The van der Waals surface area contributed by atoms with Crippen molar-refractivity contribution in [2.75, 3.05) is 19.6 Å². The maximum absolute atomic E-state index is 4.79. The zero-order chi connectivity index (χ0) is 15.1. The molecule has 1 aromatic heterocycles. The van der Waals surface area contributed by atoms with Crippen molar-refractivity contribution in [1.82, 2.24) is 15.6 Å². The van der Waals surface area contributed by atoms with Gasteiger partial charge in [-0.15, -0.1) is 35.3 Å². The number of nitrogens with zero attached hydrogens (tertiary/aromatic N) is 2. The smallest absolute Gasteiger partial charge is 0.191 e. The summed E-state index contributed by atoms with van der Waals surface area (Å²) >= 11 is 1.78. The van der Waals surface area contributed by atoms with Crippen LogP contribution < -0.4 is 10.6 Å². The highest BCUT2D eigenvalue weighted by molar-refractivity contribution is 14.0. The first-order valence-electron chi connectivity index (χ1n) is 8.11. The van der Waals surface area contributed by atoms with E-state index in [1.165, 1.54) is 35.6 Å². The zero-order valence-electron chi connectivity index (χ0n) is 13.9. The van der Waals surface area contributed by atoms with Crippen LogP contribution in [0.2, 0.25) is 0 Å². The highest BCUT2D eigenvalue weighted by Crippen LogP contribution is 2.43. The van der Waals surface area contributed by atoms with Crippen molar-refractivity contribution in [2.24, 2.45) is 10.4 Å². The molecule has 1 aliphatic carbocycles. The van der Waals surface area contributed by atoms with E-state index in [-0.39, 0.29) is 24.0 Å². The van der Waals surface area contributed by atoms with Crippen LogP contribution in [0, 0.1) is 12.3 Å². The third-order valence-corrected chi connectivity index (χ3v) is 5.35. The van der Waals surface area contributed by atoms with Gasteiger partial charge in [0.25, 0.3) is 0 Å². The quantitative estimate of drug-likeness (QED) is 0.389. The van der Waals surface area contributed by atoms with E-state index in [0.717, 1.165) is 32.0 Å². The summed E-state index contributed by atoms with van der Waals surface area (Å²) in [4.78, 5) is 10.5. The van der Waals surface area contributed by atoms with E-state index in [1.807, 2.05) is 6.20 Å². The van der Waals surface area contributed by atoms with E-state index >= 15 is 0 Å². The summed E-state index contributed by atoms with van der Waals surface area (Å²) in [7, 11) is 0. The first kappa shape index (κ1) is 19.7. The molecule has 126 valence electrons. The van der Waals surface area contributed by atoms with Gasteiger partial charge in [-0.1, -0.05) is 13.3 Å². The molecule has 4 nitrogen and oxygen atoms in total. The lowest BCUT2D eigenvalue weighted by molar-refractivity contribution is 0.139. The standard InChI is InChI=1S/C16H28N4S.HI/c1-4-16(8-6-9-16)12-20-15(17-5-2)18-10-7-14-19-11-13(3)21-14;/h11H,4-10,12H2,1-3H3,(H2,17,18,20);1H. The minimum Gasteiger partial charge on any atom is -0.357 e. The fourth-order valence-electron chi connectivity index (χ4n) is 2.69. The number of thiazole rings is 1. The molecule has 0 bridgehead atoms. The highest BCUT2D eigenvalue weighted by atomic mass is 127. The molecule has 2 rings (SSSR count). The van der Waals surface area contributed by atoms with E-state index < -0.39 is 0 Å². The Bertz CT molecular complexity index is 463. The van der Waals surface area contributed by atoms with Crippen LogP contribution in [0.1, 0.15) is 49.4 Å². The Hall–Kier alpha value is -0.370. The summed E-state index contributed by atoms with van der Waals surface area (Å²) in [6.07, 6.45) is 8.20. The summed E-state index contributed by atoms with van der Waals surface area (Å²) in [6.45, 7) is 9.25. The fourth-order valence-corrected chi connectivity index (χ4v) is 3.48. The molecule has 0 spiro atoms. The number of rotatable bonds is 7. The van der Waals surface area contributed by atoms with Crippen molar-refractivity contribution in [3.05, 3.63) is 16.1 Å². The molecular weight excluding hydrogens is 407 g/mol. The van der Waals surface area contributed by atoms with Crippen LogP contribution in [0.4, 0.5) is 0 Å². The lowest BCUT2D eigenvalue weighted by Gasteiger charge is -2.40. The molecule has 0 aliphatic heterocycles. The van der Waals surface area contributed by atoms with Gasteiger partial charge >= 0.3 is 0 Å². The molecule has 0 atom stereocenters. The first-order chi connectivity index (χ1) is 10.2. The molecule has 0 amide bonds. The van der Waals surface area contributed by atoms with E-state index in [9.17, 15) is 0 Å². The molecule has 0 unspecified atom stereocenters. The SMILES string of the molecule is CCNC(=NCC1(CC)CCC1)NCCc1ncc(C)s1.I. The normalized spacial score (nSPS) is 16.6. The molecule has 6 heteroatoms. The number of hydrogen-bond donors (Lipinski definition) is 2. The predicted octanol–water partition coefficient (Wildman–Crippen LogP) is 3.75. The average Bonchev–Trinajstić information content (AvgIpc) is 2.83. The molecule has 1 fully saturated rings. The third-order valence-electron chi connectivity index (χ3n) is 4.38. The van der Waals surface area contributed by atoms with Gasteiger partial charge in [0.1, 0.15) is 0 Å². The lowest BCUT2D eigenvalue weighted by atomic mass is 9.67. The fraction of sp³-hybridized carbons (Fsp3) is 0.750. The van der Waals surface area contributed by atoms with Gasteiger partial charge in [-0.2, -0.15) is 0 Å². The molecule has 0 aromatic carbocycles. The Morgan fingerprint density at radius 1 is 1.36 bits per heavy atom. The maximum atomic E-state index is 4.79. The molecule has 1 aromatic rings. The Balaban J connectivity index is 0.00000242. The van der Waals surface area contributed by atoms with Gasteiger partial charge in [0.05, 0.1) is 5.01 Å². The van der Waals surface area contributed by atoms with Crippen LogP contribution >= 0.6 is 35.3 Å². The largest absolute Gasteiger partial charge is 0.357 e. The number of aromatic nitrogens is 1. The van der Waals surface area contributed by atoms with Crippen LogP contribution in [0.25, 0.3) is 0 Å². The van der Waals surface area contributed by atoms with Gasteiger partial charge in [0.2, 0.25) is 0 Å². The van der Waals surface area contributed by atoms with Crippen molar-refractivity contribution < 1.29 is 0 Å². The molecule has 1 saturated carbocycles. The van der Waals surface area contributed by atoms with Gasteiger partial charge in [-0.25, -0.2) is 4.98 Å². The van der Waals surface area contributed by atoms with Crippen molar-refractivity contribution in [1.29, 1.82) is 0 Å². The van der Waals surface area contributed by atoms with Crippen molar-refractivity contribution in [3.8, 4) is 0 Å². The molecule has 0 radical (unpaired) electrons. The molecule has 2 N–H and O–H groups in total. The Labute approximate surface area is 155 Å². The second-order valence-corrected chi connectivity index (χ2v) is 7.26. The minimum atomic E-state index is 0. The maximum Gasteiger partial charge on any atom is 0.191 e. The van der Waals surface area contributed by atoms with Gasteiger partial charge in [-0.3, -0.25) is 4.99 Å². The topological polar surface area (TPSA) is 49.3 Å². The Morgan fingerprint density at radius 2 is 2.14 bits per heavy atom. The van der Waals surface area contributed by atoms with E-state index in [4.69, 9.17) is 4.99 Å². The van der Waals surface area contributed by atoms with Crippen LogP contribution in [-0.2, 0) is 6.42 Å². The zero-order valence-corrected chi connectivity index (χ0v) is 17.1. The van der Waals surface area contributed by atoms with Crippen LogP contribution in [0.5, 0.6) is 0 Å². The lowest BCUT2D eigenvalue weighted by Crippen LogP contribution is -2.40. The van der Waals surface area contributed by atoms with E-state index in [0.29, 0.717) is 5.41 Å². The average molecular weight is 436 g/mol. The minimum absolute atomic E-state index is 0. The van der Waals surface area contributed by atoms with Crippen molar-refractivity contribution in [3.63, 3.8) is 0 Å². The summed E-state index contributed by atoms with van der Waals surface area (Å²) < 4.78 is 0. The number of aliphatic imine (C=N–C) groups is 1. The van der Waals surface area contributed by atoms with Crippen molar-refractivity contribution in [2.45, 2.75) is 52.9 Å². The molecular formula is C16H29IN4S. The summed E-state index contributed by atoms with van der Waals surface area (Å²) in [5.41, 5.74) is 0.481. The summed E-state index contributed by atoms with van der Waals surface area (Å²) in [5.74, 6) is 0.950. The van der Waals surface area contributed by atoms with Crippen LogP contribution in [0.3, 0.4) is 0 Å². The molecule has 1 aliphatic rings. The number of hydrogen-bond acceptors (Lipinski definition) is 3. The molecule has 1 heterocycles. The monoisotopic (exact) mass is 436 g/mol. The Morgan fingerprint density at radius 3 is 2.64 bits per heavy atom. The highest BCUT2D eigenvalue weighted by Gasteiger charge is 2.34. The number of aryl methyl sites for hydroxylation is 1. The van der Waals surface area contributed by atoms with Gasteiger partial charge in [0.15, 0.2) is 5.96 Å². The van der Waals surface area contributed by atoms with Gasteiger partial charge in [0, 0.05) is 37.1 Å². The second-order valence-electron chi connectivity index (χ2n) is 5.94. The Kier molecular flexibility index (Phi) is 8.67. The van der Waals surface area contributed by atoms with Gasteiger partial charge in [-0.05, 0) is 38.5 Å². The van der Waals surface area contributed by atoms with Gasteiger partial charge < -0.3 is 10.6 Å². The first-order valence-corrected chi connectivity index (χ1v) is 8.92. The third kappa shape index (κ3) is 5.68. The summed E-state index contributed by atoms with van der Waals surface area (Å²) in [6, 6.07) is 0. The van der Waals surface area contributed by atoms with E-state index in [2.05, 4.69) is 36.4 Å². The number of halogens is 1. The number of guanidine groups is 1. The van der Waals surface area contributed by atoms with Crippen LogP contribution in [0.15, 0.2) is 11.2 Å². The van der Waals surface area contributed by atoms with Crippen molar-refractivity contribution >= 4 is 41.3 Å². The second kappa shape index (κ2) is 9.70. The molecule has 22 heavy (non-hydrogen) atoms. The molecule has 0 saturated heterocycles. The van der Waals surface area contributed by atoms with E-state index in [1.54, 1.807) is 11.3 Å². The predicted molar refractivity (Wildman–Crippen MR) is 107 cm³/mol.